The maximum absolute atomic E-state index is 13.7. The van der Waals surface area contributed by atoms with Crippen molar-refractivity contribution in [2.75, 3.05) is 13.1 Å². The number of hydrogen-bond acceptors (Lipinski definition) is 2. The Morgan fingerprint density at radius 2 is 2.28 bits per heavy atom. The Kier molecular flexibility index (Phi) is 3.59. The van der Waals surface area contributed by atoms with E-state index in [0.29, 0.717) is 19.4 Å². The van der Waals surface area contributed by atoms with E-state index >= 15 is 0 Å². The SMILES string of the molecule is CC1(O)CCCN(C(=O)c2ccc(Cl)cc2F)C1. The van der Waals surface area contributed by atoms with E-state index in [1.165, 1.54) is 17.0 Å². The molecule has 1 fully saturated rings. The van der Waals surface area contributed by atoms with Crippen molar-refractivity contribution in [3.63, 3.8) is 0 Å². The molecule has 1 saturated heterocycles. The molecule has 1 amide bonds. The van der Waals surface area contributed by atoms with Gasteiger partial charge in [-0.3, -0.25) is 4.79 Å². The molecule has 1 aromatic rings. The van der Waals surface area contributed by atoms with Gasteiger partial charge in [-0.2, -0.15) is 0 Å². The van der Waals surface area contributed by atoms with Gasteiger partial charge in [-0.25, -0.2) is 4.39 Å². The Bertz CT molecular complexity index is 476. The number of carbonyl (C=O) groups is 1. The van der Waals surface area contributed by atoms with Crippen molar-refractivity contribution < 1.29 is 14.3 Å². The molecule has 1 aromatic carbocycles. The lowest BCUT2D eigenvalue weighted by Gasteiger charge is -2.36. The van der Waals surface area contributed by atoms with Crippen LogP contribution in [0.3, 0.4) is 0 Å². The maximum atomic E-state index is 13.7. The van der Waals surface area contributed by atoms with Gasteiger partial charge in [0, 0.05) is 18.1 Å². The van der Waals surface area contributed by atoms with Gasteiger partial charge in [0.05, 0.1) is 11.2 Å². The molecule has 2 rings (SSSR count). The first-order valence-corrected chi connectivity index (χ1v) is 6.23. The highest BCUT2D eigenvalue weighted by molar-refractivity contribution is 6.30. The molecule has 1 N–H and O–H groups in total. The third kappa shape index (κ3) is 2.82. The van der Waals surface area contributed by atoms with Crippen LogP contribution < -0.4 is 0 Å². The third-order valence-electron chi connectivity index (χ3n) is 3.12. The van der Waals surface area contributed by atoms with Crippen LogP contribution >= 0.6 is 11.6 Å². The van der Waals surface area contributed by atoms with E-state index in [4.69, 9.17) is 11.6 Å². The molecule has 0 aromatic heterocycles. The lowest BCUT2D eigenvalue weighted by atomic mass is 9.94. The summed E-state index contributed by atoms with van der Waals surface area (Å²) in [7, 11) is 0. The van der Waals surface area contributed by atoms with Crippen molar-refractivity contribution >= 4 is 17.5 Å². The maximum Gasteiger partial charge on any atom is 0.256 e. The Morgan fingerprint density at radius 3 is 2.89 bits per heavy atom. The van der Waals surface area contributed by atoms with Gasteiger partial charge in [-0.1, -0.05) is 11.6 Å². The summed E-state index contributed by atoms with van der Waals surface area (Å²) in [4.78, 5) is 13.6. The number of likely N-dealkylation sites (tertiary alicyclic amines) is 1. The number of rotatable bonds is 1. The summed E-state index contributed by atoms with van der Waals surface area (Å²) in [6, 6.07) is 3.99. The summed E-state index contributed by atoms with van der Waals surface area (Å²) in [5, 5.41) is 10.2. The zero-order valence-corrected chi connectivity index (χ0v) is 10.9. The molecule has 1 aliphatic heterocycles. The number of benzene rings is 1. The molecule has 5 heteroatoms. The fourth-order valence-corrected chi connectivity index (χ4v) is 2.39. The van der Waals surface area contributed by atoms with Gasteiger partial charge >= 0.3 is 0 Å². The minimum absolute atomic E-state index is 0.00269. The zero-order valence-electron chi connectivity index (χ0n) is 10.1. The Labute approximate surface area is 110 Å². The van der Waals surface area contributed by atoms with Crippen molar-refractivity contribution in [2.45, 2.75) is 25.4 Å². The standard InChI is InChI=1S/C13H15ClFNO2/c1-13(18)5-2-6-16(8-13)12(17)10-4-3-9(14)7-11(10)15/h3-4,7,18H,2,5-6,8H2,1H3. The lowest BCUT2D eigenvalue weighted by Crippen LogP contribution is -2.48. The van der Waals surface area contributed by atoms with Crippen LogP contribution in [0.2, 0.25) is 5.02 Å². The molecule has 1 unspecified atom stereocenters. The quantitative estimate of drug-likeness (QED) is 0.852. The molecule has 1 heterocycles. The highest BCUT2D eigenvalue weighted by atomic mass is 35.5. The van der Waals surface area contributed by atoms with Crippen molar-refractivity contribution in [3.05, 3.63) is 34.6 Å². The van der Waals surface area contributed by atoms with Crippen molar-refractivity contribution in [1.82, 2.24) is 4.90 Å². The van der Waals surface area contributed by atoms with Crippen LogP contribution in [-0.4, -0.2) is 34.6 Å². The number of carbonyl (C=O) groups excluding carboxylic acids is 1. The summed E-state index contributed by atoms with van der Waals surface area (Å²) in [5.41, 5.74) is -0.895. The molecule has 1 aliphatic rings. The minimum Gasteiger partial charge on any atom is -0.388 e. The molecule has 0 bridgehead atoms. The molecule has 0 saturated carbocycles. The van der Waals surface area contributed by atoms with Gasteiger partial charge in [0.2, 0.25) is 0 Å². The molecule has 0 spiro atoms. The predicted octanol–water partition coefficient (Wildman–Crippen LogP) is 2.47. The summed E-state index contributed by atoms with van der Waals surface area (Å²) in [6.07, 6.45) is 1.37. The van der Waals surface area contributed by atoms with Crippen molar-refractivity contribution in [3.8, 4) is 0 Å². The number of β-amino-alcohol motifs (C(OH)–C–C–N with tert-alkyl or cyclic N) is 1. The van der Waals surface area contributed by atoms with Crippen molar-refractivity contribution in [2.24, 2.45) is 0 Å². The van der Waals surface area contributed by atoms with Crippen LogP contribution in [0.1, 0.15) is 30.1 Å². The van der Waals surface area contributed by atoms with E-state index in [0.717, 1.165) is 6.07 Å². The van der Waals surface area contributed by atoms with Gasteiger partial charge < -0.3 is 10.0 Å². The van der Waals surface area contributed by atoms with E-state index in [-0.39, 0.29) is 17.1 Å². The van der Waals surface area contributed by atoms with Crippen LogP contribution in [-0.2, 0) is 0 Å². The third-order valence-corrected chi connectivity index (χ3v) is 3.36. The van der Waals surface area contributed by atoms with Crippen LogP contribution in [0.4, 0.5) is 4.39 Å². The Morgan fingerprint density at radius 1 is 1.56 bits per heavy atom. The van der Waals surface area contributed by atoms with Gasteiger partial charge in [-0.15, -0.1) is 0 Å². The summed E-state index contributed by atoms with van der Waals surface area (Å²) in [6.45, 7) is 2.45. The van der Waals surface area contributed by atoms with E-state index < -0.39 is 17.3 Å². The molecule has 0 radical (unpaired) electrons. The molecule has 1 atom stereocenters. The van der Waals surface area contributed by atoms with Crippen LogP contribution in [0, 0.1) is 5.82 Å². The van der Waals surface area contributed by atoms with Crippen molar-refractivity contribution in [1.29, 1.82) is 0 Å². The smallest absolute Gasteiger partial charge is 0.256 e. The fourth-order valence-electron chi connectivity index (χ4n) is 2.23. The fraction of sp³-hybridized carbons (Fsp3) is 0.462. The van der Waals surface area contributed by atoms with E-state index in [2.05, 4.69) is 0 Å². The van der Waals surface area contributed by atoms with Gasteiger partial charge in [0.25, 0.3) is 5.91 Å². The number of halogens is 2. The molecule has 3 nitrogen and oxygen atoms in total. The second-order valence-corrected chi connectivity index (χ2v) is 5.39. The van der Waals surface area contributed by atoms with Gasteiger partial charge in [-0.05, 0) is 38.0 Å². The van der Waals surface area contributed by atoms with Crippen LogP contribution in [0.25, 0.3) is 0 Å². The minimum atomic E-state index is -0.892. The summed E-state index contributed by atoms with van der Waals surface area (Å²) < 4.78 is 13.7. The number of piperidine rings is 1. The topological polar surface area (TPSA) is 40.5 Å². The number of aliphatic hydroxyl groups is 1. The molecular formula is C13H15ClFNO2. The van der Waals surface area contributed by atoms with Gasteiger partial charge in [0.15, 0.2) is 0 Å². The first kappa shape index (κ1) is 13.3. The monoisotopic (exact) mass is 271 g/mol. The summed E-state index contributed by atoms with van der Waals surface area (Å²) in [5.74, 6) is -1.03. The Hall–Kier alpha value is -1.13. The number of hydrogen-bond donors (Lipinski definition) is 1. The normalized spacial score (nSPS) is 24.1. The van der Waals surface area contributed by atoms with E-state index in [9.17, 15) is 14.3 Å². The second-order valence-electron chi connectivity index (χ2n) is 4.95. The molecular weight excluding hydrogens is 257 g/mol. The lowest BCUT2D eigenvalue weighted by molar-refractivity contribution is -0.0109. The Balaban J connectivity index is 2.20. The number of amides is 1. The van der Waals surface area contributed by atoms with Gasteiger partial charge in [0.1, 0.15) is 5.82 Å². The number of nitrogens with zero attached hydrogens (tertiary/aromatic N) is 1. The summed E-state index contributed by atoms with van der Waals surface area (Å²) >= 11 is 5.65. The average molecular weight is 272 g/mol. The molecule has 98 valence electrons. The zero-order chi connectivity index (χ0) is 13.3. The van der Waals surface area contributed by atoms with E-state index in [1.807, 2.05) is 0 Å². The first-order valence-electron chi connectivity index (χ1n) is 5.86. The predicted molar refractivity (Wildman–Crippen MR) is 67.2 cm³/mol. The molecule has 18 heavy (non-hydrogen) atoms. The average Bonchev–Trinajstić information content (AvgIpc) is 2.27. The molecule has 0 aliphatic carbocycles. The first-order chi connectivity index (χ1) is 8.39. The van der Waals surface area contributed by atoms with Crippen LogP contribution in [0.5, 0.6) is 0 Å². The highest BCUT2D eigenvalue weighted by Crippen LogP contribution is 2.23. The van der Waals surface area contributed by atoms with Crippen LogP contribution in [0.15, 0.2) is 18.2 Å². The highest BCUT2D eigenvalue weighted by Gasteiger charge is 2.32. The second kappa shape index (κ2) is 4.86. The largest absolute Gasteiger partial charge is 0.388 e. The van der Waals surface area contributed by atoms with E-state index in [1.54, 1.807) is 6.92 Å².